The Morgan fingerprint density at radius 3 is 2.36 bits per heavy atom. The van der Waals surface area contributed by atoms with Crippen LogP contribution in [0.5, 0.6) is 0 Å². The third-order valence-corrected chi connectivity index (χ3v) is 6.63. The maximum Gasteiger partial charge on any atom is 0.356 e. The number of halogens is 1. The molecule has 2 atom stereocenters. The Morgan fingerprint density at radius 2 is 1.79 bits per heavy atom. The first-order chi connectivity index (χ1) is 15.6. The van der Waals surface area contributed by atoms with Crippen molar-refractivity contribution in [2.24, 2.45) is 5.73 Å². The van der Waals surface area contributed by atoms with Crippen LogP contribution in [0.3, 0.4) is 0 Å². The fraction of sp³-hybridized carbons (Fsp3) is 0.231. The van der Waals surface area contributed by atoms with Crippen LogP contribution in [0.15, 0.2) is 84.1 Å². The maximum absolute atomic E-state index is 13.5. The number of benzene rings is 2. The van der Waals surface area contributed by atoms with Gasteiger partial charge in [-0.2, -0.15) is 0 Å². The van der Waals surface area contributed by atoms with Gasteiger partial charge in [0.05, 0.1) is 0 Å². The maximum atomic E-state index is 13.5. The number of thioether (sulfide) groups is 1. The minimum atomic E-state index is -0.604. The summed E-state index contributed by atoms with van der Waals surface area (Å²) >= 11 is 1.54. The Labute approximate surface area is 204 Å². The number of hydrogen-bond donors (Lipinski definition) is 1. The minimum absolute atomic E-state index is 0. The van der Waals surface area contributed by atoms with Gasteiger partial charge in [-0.15, -0.1) is 24.2 Å². The van der Waals surface area contributed by atoms with Crippen LogP contribution in [0, 0.1) is 11.8 Å². The van der Waals surface area contributed by atoms with Crippen molar-refractivity contribution in [3.63, 3.8) is 0 Å². The van der Waals surface area contributed by atoms with Crippen LogP contribution < -0.4 is 5.73 Å². The molecule has 33 heavy (non-hydrogen) atoms. The summed E-state index contributed by atoms with van der Waals surface area (Å²) in [6.07, 6.45) is 3.65. The van der Waals surface area contributed by atoms with Crippen LogP contribution in [-0.4, -0.2) is 33.9 Å². The Bertz CT molecular complexity index is 1080. The fourth-order valence-corrected chi connectivity index (χ4v) is 4.97. The summed E-state index contributed by atoms with van der Waals surface area (Å²) < 4.78 is 6.05. The standard InChI is InChI=1S/C26H24N2O3S.ClH/c1-2-3-4-7-16-20-17-32-25-21(27)24(29)28(25)22(20)26(30)31-23(18-12-8-5-9-13-18)19-14-10-6-11-15-19;/h5-16,21,23,25H,2,17,27H2,1H3;1H/b16-7+;/t21-,25-;/m1./s1. The summed E-state index contributed by atoms with van der Waals surface area (Å²) in [5.41, 5.74) is 8.65. The van der Waals surface area contributed by atoms with Crippen LogP contribution in [0.4, 0.5) is 0 Å². The van der Waals surface area contributed by atoms with Gasteiger partial charge in [-0.05, 0) is 28.9 Å². The zero-order valence-corrected chi connectivity index (χ0v) is 19.8. The van der Waals surface area contributed by atoms with E-state index in [1.54, 1.807) is 23.9 Å². The van der Waals surface area contributed by atoms with Gasteiger partial charge in [0.2, 0.25) is 5.91 Å². The number of allylic oxidation sites excluding steroid dienone is 2. The smallest absolute Gasteiger partial charge is 0.356 e. The number of nitrogens with two attached hydrogens (primary N) is 1. The molecule has 0 spiro atoms. The highest BCUT2D eigenvalue weighted by Crippen LogP contribution is 2.41. The van der Waals surface area contributed by atoms with Gasteiger partial charge in [0.1, 0.15) is 17.1 Å². The van der Waals surface area contributed by atoms with Gasteiger partial charge in [0.15, 0.2) is 6.10 Å². The molecule has 2 aromatic rings. The average Bonchev–Trinajstić information content (AvgIpc) is 2.85. The predicted octanol–water partition coefficient (Wildman–Crippen LogP) is 4.21. The summed E-state index contributed by atoms with van der Waals surface area (Å²) in [6, 6.07) is 18.5. The highest BCUT2D eigenvalue weighted by molar-refractivity contribution is 8.00. The quantitative estimate of drug-likeness (QED) is 0.394. The van der Waals surface area contributed by atoms with Crippen molar-refractivity contribution in [2.45, 2.75) is 30.9 Å². The number of ether oxygens (including phenoxy) is 1. The van der Waals surface area contributed by atoms with Gasteiger partial charge in [0, 0.05) is 12.2 Å². The van der Waals surface area contributed by atoms with E-state index in [4.69, 9.17) is 10.5 Å². The largest absolute Gasteiger partial charge is 0.448 e. The number of β-lactam (4-membered cyclic amide) rings is 1. The molecule has 2 aliphatic heterocycles. The second kappa shape index (κ2) is 11.2. The van der Waals surface area contributed by atoms with E-state index >= 15 is 0 Å². The van der Waals surface area contributed by atoms with E-state index < -0.39 is 18.1 Å². The number of fused-ring (bicyclic) bond motifs is 1. The first-order valence-electron chi connectivity index (χ1n) is 10.5. The van der Waals surface area contributed by atoms with E-state index in [0.29, 0.717) is 11.3 Å². The van der Waals surface area contributed by atoms with E-state index in [9.17, 15) is 9.59 Å². The SMILES string of the molecule is CCC#C/C=C/C1=C(C(=O)OC(c2ccccc2)c2ccccc2)N2C(=O)[C@@H](N)[C@H]2SC1.Cl. The highest BCUT2D eigenvalue weighted by Gasteiger charge is 2.52. The third-order valence-electron chi connectivity index (χ3n) is 5.31. The second-order valence-corrected chi connectivity index (χ2v) is 8.53. The molecular formula is C26H25ClN2O3S. The van der Waals surface area contributed by atoms with Gasteiger partial charge in [-0.25, -0.2) is 4.79 Å². The van der Waals surface area contributed by atoms with Crippen molar-refractivity contribution in [1.82, 2.24) is 4.90 Å². The lowest BCUT2D eigenvalue weighted by atomic mass is 10.0. The molecule has 1 saturated heterocycles. The highest BCUT2D eigenvalue weighted by atomic mass is 35.5. The van der Waals surface area contributed by atoms with Gasteiger partial charge in [0.25, 0.3) is 0 Å². The van der Waals surface area contributed by atoms with Crippen LogP contribution in [0.25, 0.3) is 0 Å². The van der Waals surface area contributed by atoms with Crippen molar-refractivity contribution in [1.29, 1.82) is 0 Å². The number of carbonyl (C=O) groups excluding carboxylic acids is 2. The average molecular weight is 481 g/mol. The van der Waals surface area contributed by atoms with Crippen molar-refractivity contribution >= 4 is 36.0 Å². The molecule has 1 amide bonds. The molecule has 0 bridgehead atoms. The Balaban J connectivity index is 0.00000306. The van der Waals surface area contributed by atoms with Gasteiger partial charge >= 0.3 is 5.97 Å². The van der Waals surface area contributed by atoms with E-state index in [-0.39, 0.29) is 29.4 Å². The number of carbonyl (C=O) groups is 2. The van der Waals surface area contributed by atoms with E-state index in [1.807, 2.05) is 67.6 Å². The molecule has 2 aromatic carbocycles. The lowest BCUT2D eigenvalue weighted by Crippen LogP contribution is -2.68. The third kappa shape index (κ3) is 5.17. The molecule has 2 N–H and O–H groups in total. The van der Waals surface area contributed by atoms with Crippen LogP contribution in [0.2, 0.25) is 0 Å². The summed E-state index contributed by atoms with van der Waals surface area (Å²) in [4.78, 5) is 27.5. The number of amides is 1. The number of rotatable bonds is 5. The number of hydrogen-bond acceptors (Lipinski definition) is 5. The van der Waals surface area contributed by atoms with Crippen LogP contribution in [-0.2, 0) is 14.3 Å². The molecule has 1 fully saturated rings. The van der Waals surface area contributed by atoms with Crippen molar-refractivity contribution < 1.29 is 14.3 Å². The van der Waals surface area contributed by atoms with Gasteiger partial charge in [-0.1, -0.05) is 79.4 Å². The first-order valence-corrected chi connectivity index (χ1v) is 11.6. The molecule has 170 valence electrons. The van der Waals surface area contributed by atoms with Crippen molar-refractivity contribution in [3.05, 3.63) is 95.2 Å². The fourth-order valence-electron chi connectivity index (χ4n) is 3.71. The lowest BCUT2D eigenvalue weighted by Gasteiger charge is -2.48. The van der Waals surface area contributed by atoms with Crippen molar-refractivity contribution in [2.75, 3.05) is 5.75 Å². The Hall–Kier alpha value is -2.98. The Morgan fingerprint density at radius 1 is 1.18 bits per heavy atom. The lowest BCUT2D eigenvalue weighted by molar-refractivity contribution is -0.153. The summed E-state index contributed by atoms with van der Waals surface area (Å²) in [5.74, 6) is 5.66. The second-order valence-electron chi connectivity index (χ2n) is 7.42. The van der Waals surface area contributed by atoms with Gasteiger partial charge < -0.3 is 10.5 Å². The van der Waals surface area contributed by atoms with Crippen LogP contribution in [0.1, 0.15) is 30.6 Å². The summed E-state index contributed by atoms with van der Waals surface area (Å²) in [5, 5.41) is -0.254. The summed E-state index contributed by atoms with van der Waals surface area (Å²) in [7, 11) is 0. The molecule has 2 aliphatic rings. The molecule has 0 unspecified atom stereocenters. The van der Waals surface area contributed by atoms with E-state index in [2.05, 4.69) is 11.8 Å². The van der Waals surface area contributed by atoms with E-state index in [1.165, 1.54) is 4.90 Å². The minimum Gasteiger partial charge on any atom is -0.448 e. The number of nitrogens with zero attached hydrogens (tertiary/aromatic N) is 1. The molecule has 0 saturated carbocycles. The molecule has 2 heterocycles. The van der Waals surface area contributed by atoms with Crippen LogP contribution >= 0.6 is 24.2 Å². The molecule has 7 heteroatoms. The molecular weight excluding hydrogens is 456 g/mol. The number of esters is 1. The zero-order valence-electron chi connectivity index (χ0n) is 18.1. The van der Waals surface area contributed by atoms with Gasteiger partial charge in [-0.3, -0.25) is 9.69 Å². The molecule has 0 aromatic heterocycles. The zero-order chi connectivity index (χ0) is 22.5. The monoisotopic (exact) mass is 480 g/mol. The normalized spacial score (nSPS) is 19.4. The summed E-state index contributed by atoms with van der Waals surface area (Å²) in [6.45, 7) is 1.97. The Kier molecular flexibility index (Phi) is 8.40. The van der Waals surface area contributed by atoms with Crippen molar-refractivity contribution in [3.8, 4) is 11.8 Å². The molecule has 0 aliphatic carbocycles. The first kappa shape index (κ1) is 24.7. The molecule has 5 nitrogen and oxygen atoms in total. The molecule has 4 rings (SSSR count). The molecule has 0 radical (unpaired) electrons. The predicted molar refractivity (Wildman–Crippen MR) is 133 cm³/mol. The van der Waals surface area contributed by atoms with E-state index in [0.717, 1.165) is 17.5 Å². The topological polar surface area (TPSA) is 72.6 Å².